The topological polar surface area (TPSA) is 49.9 Å². The lowest BCUT2D eigenvalue weighted by atomic mass is 10.1. The molecule has 1 saturated heterocycles. The SMILES string of the molecule is CC#CC(=O)N1CCCC(OC(=O)N(C)C)C1. The van der Waals surface area contributed by atoms with E-state index in [0.29, 0.717) is 13.1 Å². The number of likely N-dealkylation sites (tertiary alicyclic amines) is 1. The molecule has 0 aromatic rings. The average molecular weight is 238 g/mol. The summed E-state index contributed by atoms with van der Waals surface area (Å²) < 4.78 is 5.26. The minimum atomic E-state index is -0.370. The highest BCUT2D eigenvalue weighted by Gasteiger charge is 2.25. The van der Waals surface area contributed by atoms with Crippen LogP contribution in [0, 0.1) is 11.8 Å². The molecule has 1 rings (SSSR count). The molecular formula is C12H18N2O3. The molecule has 0 bridgehead atoms. The van der Waals surface area contributed by atoms with E-state index in [1.54, 1.807) is 25.9 Å². The number of hydrogen-bond acceptors (Lipinski definition) is 3. The lowest BCUT2D eigenvalue weighted by Gasteiger charge is -2.31. The van der Waals surface area contributed by atoms with Crippen LogP contribution in [0.2, 0.25) is 0 Å². The van der Waals surface area contributed by atoms with Crippen LogP contribution in [-0.4, -0.2) is 55.1 Å². The van der Waals surface area contributed by atoms with Crippen LogP contribution >= 0.6 is 0 Å². The van der Waals surface area contributed by atoms with Gasteiger partial charge in [0.25, 0.3) is 5.91 Å². The van der Waals surface area contributed by atoms with Crippen molar-refractivity contribution in [2.45, 2.75) is 25.9 Å². The fourth-order valence-electron chi connectivity index (χ4n) is 1.65. The molecule has 1 unspecified atom stereocenters. The Bertz CT molecular complexity index is 354. The molecule has 5 heteroatoms. The second kappa shape index (κ2) is 6.14. The van der Waals surface area contributed by atoms with Gasteiger partial charge in [0.15, 0.2) is 0 Å². The van der Waals surface area contributed by atoms with Crippen LogP contribution in [0.15, 0.2) is 0 Å². The second-order valence-electron chi connectivity index (χ2n) is 4.17. The summed E-state index contributed by atoms with van der Waals surface area (Å²) >= 11 is 0. The third-order valence-corrected chi connectivity index (χ3v) is 2.53. The number of amides is 2. The van der Waals surface area contributed by atoms with Gasteiger partial charge >= 0.3 is 6.09 Å². The number of nitrogens with zero attached hydrogens (tertiary/aromatic N) is 2. The summed E-state index contributed by atoms with van der Waals surface area (Å²) in [6, 6.07) is 0. The van der Waals surface area contributed by atoms with Crippen molar-refractivity contribution in [1.29, 1.82) is 0 Å². The van der Waals surface area contributed by atoms with E-state index >= 15 is 0 Å². The highest BCUT2D eigenvalue weighted by atomic mass is 16.6. The van der Waals surface area contributed by atoms with Crippen LogP contribution in [0.4, 0.5) is 4.79 Å². The molecule has 0 aromatic heterocycles. The average Bonchev–Trinajstić information content (AvgIpc) is 2.29. The zero-order chi connectivity index (χ0) is 12.8. The molecule has 0 radical (unpaired) electrons. The Labute approximate surface area is 102 Å². The molecule has 0 aromatic carbocycles. The first-order valence-corrected chi connectivity index (χ1v) is 5.64. The molecule has 0 spiro atoms. The van der Waals surface area contributed by atoms with E-state index in [1.165, 1.54) is 4.90 Å². The van der Waals surface area contributed by atoms with E-state index in [4.69, 9.17) is 4.74 Å². The third-order valence-electron chi connectivity index (χ3n) is 2.53. The molecule has 0 saturated carbocycles. The second-order valence-corrected chi connectivity index (χ2v) is 4.17. The minimum Gasteiger partial charge on any atom is -0.444 e. The Morgan fingerprint density at radius 3 is 2.71 bits per heavy atom. The van der Waals surface area contributed by atoms with Crippen LogP contribution < -0.4 is 0 Å². The predicted octanol–water partition coefficient (Wildman–Crippen LogP) is 0.699. The highest BCUT2D eigenvalue weighted by Crippen LogP contribution is 2.14. The number of piperidine rings is 1. The molecule has 0 aliphatic carbocycles. The zero-order valence-electron chi connectivity index (χ0n) is 10.5. The van der Waals surface area contributed by atoms with Crippen molar-refractivity contribution in [1.82, 2.24) is 9.80 Å². The van der Waals surface area contributed by atoms with E-state index < -0.39 is 0 Å². The first kappa shape index (κ1) is 13.4. The lowest BCUT2D eigenvalue weighted by Crippen LogP contribution is -2.44. The number of carbonyl (C=O) groups is 2. The van der Waals surface area contributed by atoms with Crippen molar-refractivity contribution >= 4 is 12.0 Å². The molecule has 1 fully saturated rings. The van der Waals surface area contributed by atoms with Crippen molar-refractivity contribution in [3.8, 4) is 11.8 Å². The summed E-state index contributed by atoms with van der Waals surface area (Å²) in [7, 11) is 3.27. The summed E-state index contributed by atoms with van der Waals surface area (Å²) in [6.07, 6.45) is 1.04. The van der Waals surface area contributed by atoms with E-state index in [-0.39, 0.29) is 18.1 Å². The standard InChI is InChI=1S/C12H18N2O3/c1-4-6-11(15)14-8-5-7-10(9-14)17-12(16)13(2)3/h10H,5,7-9H2,1-3H3. The molecule has 94 valence electrons. The summed E-state index contributed by atoms with van der Waals surface area (Å²) in [5, 5.41) is 0. The maximum absolute atomic E-state index is 11.6. The van der Waals surface area contributed by atoms with E-state index in [1.807, 2.05) is 0 Å². The van der Waals surface area contributed by atoms with Gasteiger partial charge in [-0.1, -0.05) is 5.92 Å². The summed E-state index contributed by atoms with van der Waals surface area (Å²) in [4.78, 5) is 26.0. The molecule has 1 heterocycles. The van der Waals surface area contributed by atoms with Crippen LogP contribution in [0.5, 0.6) is 0 Å². The van der Waals surface area contributed by atoms with Crippen molar-refractivity contribution in [2.75, 3.05) is 27.2 Å². The van der Waals surface area contributed by atoms with Crippen LogP contribution in [-0.2, 0) is 9.53 Å². The van der Waals surface area contributed by atoms with Gasteiger partial charge in [-0.2, -0.15) is 0 Å². The first-order valence-electron chi connectivity index (χ1n) is 5.64. The molecule has 1 aliphatic rings. The zero-order valence-corrected chi connectivity index (χ0v) is 10.5. The Morgan fingerprint density at radius 2 is 2.12 bits per heavy atom. The van der Waals surface area contributed by atoms with Gasteiger partial charge in [0, 0.05) is 20.6 Å². The van der Waals surface area contributed by atoms with Crippen LogP contribution in [0.25, 0.3) is 0 Å². The van der Waals surface area contributed by atoms with Crippen molar-refractivity contribution in [2.24, 2.45) is 0 Å². The minimum absolute atomic E-state index is 0.196. The fraction of sp³-hybridized carbons (Fsp3) is 0.667. The van der Waals surface area contributed by atoms with Gasteiger partial charge in [-0.25, -0.2) is 4.79 Å². The highest BCUT2D eigenvalue weighted by molar-refractivity contribution is 5.93. The number of carbonyl (C=O) groups excluding carboxylic acids is 2. The fourth-order valence-corrected chi connectivity index (χ4v) is 1.65. The Balaban J connectivity index is 2.51. The third kappa shape index (κ3) is 3.99. The number of rotatable bonds is 1. The predicted molar refractivity (Wildman–Crippen MR) is 63.2 cm³/mol. The first-order chi connectivity index (χ1) is 8.04. The summed E-state index contributed by atoms with van der Waals surface area (Å²) in [5.41, 5.74) is 0. The van der Waals surface area contributed by atoms with Crippen molar-refractivity contribution in [3.63, 3.8) is 0 Å². The summed E-state index contributed by atoms with van der Waals surface area (Å²) in [5.74, 6) is 4.88. The van der Waals surface area contributed by atoms with E-state index in [9.17, 15) is 9.59 Å². The van der Waals surface area contributed by atoms with Crippen molar-refractivity contribution in [3.05, 3.63) is 0 Å². The van der Waals surface area contributed by atoms with Gasteiger partial charge in [-0.15, -0.1) is 0 Å². The monoisotopic (exact) mass is 238 g/mol. The van der Waals surface area contributed by atoms with Gasteiger partial charge < -0.3 is 14.5 Å². The van der Waals surface area contributed by atoms with Gasteiger partial charge in [-0.3, -0.25) is 4.79 Å². The maximum atomic E-state index is 11.6. The van der Waals surface area contributed by atoms with E-state index in [2.05, 4.69) is 11.8 Å². The molecule has 1 atom stereocenters. The Hall–Kier alpha value is -1.70. The Morgan fingerprint density at radius 1 is 1.41 bits per heavy atom. The van der Waals surface area contributed by atoms with Gasteiger partial charge in [0.1, 0.15) is 6.10 Å². The summed E-state index contributed by atoms with van der Waals surface area (Å²) in [6.45, 7) is 2.75. The van der Waals surface area contributed by atoms with Gasteiger partial charge in [0.05, 0.1) is 6.54 Å². The molecule has 2 amide bonds. The normalized spacial score (nSPS) is 19.0. The van der Waals surface area contributed by atoms with Crippen LogP contribution in [0.3, 0.4) is 0 Å². The largest absolute Gasteiger partial charge is 0.444 e. The quantitative estimate of drug-likeness (QED) is 0.632. The maximum Gasteiger partial charge on any atom is 0.409 e. The van der Waals surface area contributed by atoms with Gasteiger partial charge in [-0.05, 0) is 25.7 Å². The molecule has 17 heavy (non-hydrogen) atoms. The lowest BCUT2D eigenvalue weighted by molar-refractivity contribution is -0.128. The molecular weight excluding hydrogens is 220 g/mol. The molecule has 1 aliphatic heterocycles. The number of hydrogen-bond donors (Lipinski definition) is 0. The van der Waals surface area contributed by atoms with Gasteiger partial charge in [0.2, 0.25) is 0 Å². The van der Waals surface area contributed by atoms with Crippen LogP contribution in [0.1, 0.15) is 19.8 Å². The number of ether oxygens (including phenoxy) is 1. The van der Waals surface area contributed by atoms with E-state index in [0.717, 1.165) is 12.8 Å². The molecule has 0 N–H and O–H groups in total. The Kier molecular flexibility index (Phi) is 4.83. The smallest absolute Gasteiger partial charge is 0.409 e. The van der Waals surface area contributed by atoms with Crippen molar-refractivity contribution < 1.29 is 14.3 Å². The molecule has 5 nitrogen and oxygen atoms in total.